The molecule has 2 aliphatic rings. The molecule has 0 aromatic heterocycles. The van der Waals surface area contributed by atoms with Crippen molar-refractivity contribution < 1.29 is 13.5 Å². The predicted octanol–water partition coefficient (Wildman–Crippen LogP) is 4.55. The second-order valence-corrected chi connectivity index (χ2v) is 7.29. The molecule has 3 rings (SSSR count). The number of benzene rings is 1. The lowest BCUT2D eigenvalue weighted by Gasteiger charge is -2.47. The van der Waals surface area contributed by atoms with E-state index in [4.69, 9.17) is 5.41 Å². The number of fused-ring (bicyclic) bond motifs is 1. The Morgan fingerprint density at radius 2 is 1.89 bits per heavy atom. The van der Waals surface area contributed by atoms with E-state index < -0.39 is 23.9 Å². The fourth-order valence-corrected chi connectivity index (χ4v) is 4.49. The lowest BCUT2D eigenvalue weighted by molar-refractivity contribution is -0.0509. The Hall–Kier alpha value is -3.24. The SMILES string of the molecule is C[C@H]1CC=C2C(C#N)C(=N)C(C#N)(C#N)[C@H](c3ccccc3OC(F)F)[C@H]2C1. The summed E-state index contributed by atoms with van der Waals surface area (Å²) in [4.78, 5) is 0. The number of rotatable bonds is 3. The van der Waals surface area contributed by atoms with Crippen molar-refractivity contribution in [2.75, 3.05) is 0 Å². The van der Waals surface area contributed by atoms with Crippen molar-refractivity contribution in [3.05, 3.63) is 41.5 Å². The molecule has 1 aromatic carbocycles. The van der Waals surface area contributed by atoms with Crippen LogP contribution in [0.3, 0.4) is 0 Å². The molecule has 0 saturated heterocycles. The highest BCUT2D eigenvalue weighted by atomic mass is 19.3. The first-order chi connectivity index (χ1) is 13.4. The fourth-order valence-electron chi connectivity index (χ4n) is 4.49. The largest absolute Gasteiger partial charge is 0.435 e. The summed E-state index contributed by atoms with van der Waals surface area (Å²) in [5.41, 5.74) is -1.24. The molecule has 142 valence electrons. The average Bonchev–Trinajstić information content (AvgIpc) is 2.68. The van der Waals surface area contributed by atoms with Gasteiger partial charge in [0.25, 0.3) is 0 Å². The average molecular weight is 380 g/mol. The van der Waals surface area contributed by atoms with Gasteiger partial charge in [-0.3, -0.25) is 0 Å². The molecule has 0 aliphatic heterocycles. The Bertz CT molecular complexity index is 936. The van der Waals surface area contributed by atoms with Gasteiger partial charge in [0.1, 0.15) is 11.7 Å². The zero-order valence-corrected chi connectivity index (χ0v) is 15.2. The van der Waals surface area contributed by atoms with Crippen molar-refractivity contribution in [1.82, 2.24) is 0 Å². The molecule has 0 spiro atoms. The Kier molecular flexibility index (Phi) is 5.16. The summed E-state index contributed by atoms with van der Waals surface area (Å²) in [6, 6.07) is 12.1. The van der Waals surface area contributed by atoms with Gasteiger partial charge >= 0.3 is 6.61 Å². The van der Waals surface area contributed by atoms with E-state index in [2.05, 4.69) is 10.8 Å². The lowest BCUT2D eigenvalue weighted by atomic mass is 9.52. The first-order valence-electron chi connectivity index (χ1n) is 8.94. The van der Waals surface area contributed by atoms with Crippen molar-refractivity contribution >= 4 is 5.71 Å². The van der Waals surface area contributed by atoms with E-state index in [-0.39, 0.29) is 28.9 Å². The molecule has 1 aromatic rings. The molecule has 1 unspecified atom stereocenters. The topological polar surface area (TPSA) is 104 Å². The van der Waals surface area contributed by atoms with Crippen LogP contribution in [0, 0.1) is 62.6 Å². The lowest BCUT2D eigenvalue weighted by Crippen LogP contribution is -2.49. The second-order valence-electron chi connectivity index (χ2n) is 7.29. The van der Waals surface area contributed by atoms with Crippen LogP contribution in [0.1, 0.15) is 31.2 Å². The number of para-hydroxylation sites is 1. The van der Waals surface area contributed by atoms with Crippen molar-refractivity contribution in [3.63, 3.8) is 0 Å². The van der Waals surface area contributed by atoms with Crippen LogP contribution in [-0.2, 0) is 0 Å². The number of hydrogen-bond donors (Lipinski definition) is 1. The van der Waals surface area contributed by atoms with E-state index in [1.54, 1.807) is 12.1 Å². The summed E-state index contributed by atoms with van der Waals surface area (Å²) < 4.78 is 30.6. The zero-order chi connectivity index (χ0) is 20.5. The Balaban J connectivity index is 2.28. The van der Waals surface area contributed by atoms with Gasteiger partial charge < -0.3 is 10.1 Å². The van der Waals surface area contributed by atoms with Crippen LogP contribution in [0.15, 0.2) is 35.9 Å². The summed E-state index contributed by atoms with van der Waals surface area (Å²) in [7, 11) is 0. The number of allylic oxidation sites excluding steroid dienone is 2. The van der Waals surface area contributed by atoms with Crippen LogP contribution >= 0.6 is 0 Å². The van der Waals surface area contributed by atoms with Crippen molar-refractivity contribution in [2.24, 2.45) is 23.2 Å². The Morgan fingerprint density at radius 1 is 1.21 bits per heavy atom. The molecule has 1 saturated carbocycles. The second kappa shape index (κ2) is 7.41. The maximum atomic E-state index is 13.0. The normalized spacial score (nSPS) is 28.3. The van der Waals surface area contributed by atoms with E-state index in [1.165, 1.54) is 12.1 Å². The maximum Gasteiger partial charge on any atom is 0.387 e. The van der Waals surface area contributed by atoms with Gasteiger partial charge in [0.15, 0.2) is 5.41 Å². The van der Waals surface area contributed by atoms with Gasteiger partial charge in [0.2, 0.25) is 0 Å². The summed E-state index contributed by atoms with van der Waals surface area (Å²) in [5, 5.41) is 38.1. The van der Waals surface area contributed by atoms with Gasteiger partial charge in [-0.25, -0.2) is 0 Å². The maximum absolute atomic E-state index is 13.0. The number of nitriles is 3. The minimum atomic E-state index is -3.06. The van der Waals surface area contributed by atoms with Gasteiger partial charge in [-0.2, -0.15) is 24.6 Å². The van der Waals surface area contributed by atoms with Crippen LogP contribution in [0.5, 0.6) is 5.75 Å². The van der Waals surface area contributed by atoms with Crippen LogP contribution in [0.25, 0.3) is 0 Å². The number of ether oxygens (including phenoxy) is 1. The highest BCUT2D eigenvalue weighted by Crippen LogP contribution is 2.57. The molecule has 0 bridgehead atoms. The van der Waals surface area contributed by atoms with E-state index in [0.717, 1.165) is 6.42 Å². The van der Waals surface area contributed by atoms with Gasteiger partial charge in [-0.15, -0.1) is 0 Å². The Morgan fingerprint density at radius 3 is 2.50 bits per heavy atom. The summed E-state index contributed by atoms with van der Waals surface area (Å²) in [6.45, 7) is -1.04. The number of nitrogens with zero attached hydrogens (tertiary/aromatic N) is 3. The number of halogens is 2. The molecule has 1 fully saturated rings. The van der Waals surface area contributed by atoms with Gasteiger partial charge in [-0.1, -0.05) is 31.2 Å². The molecule has 0 radical (unpaired) electrons. The molecule has 0 heterocycles. The van der Waals surface area contributed by atoms with E-state index >= 15 is 0 Å². The monoisotopic (exact) mass is 380 g/mol. The third-order valence-electron chi connectivity index (χ3n) is 5.71. The zero-order valence-electron chi connectivity index (χ0n) is 15.2. The predicted molar refractivity (Wildman–Crippen MR) is 96.3 cm³/mol. The van der Waals surface area contributed by atoms with Crippen LogP contribution < -0.4 is 4.74 Å². The number of alkyl halides is 2. The first kappa shape index (κ1) is 19.5. The number of hydrogen-bond acceptors (Lipinski definition) is 5. The molecule has 5 nitrogen and oxygen atoms in total. The van der Waals surface area contributed by atoms with Gasteiger partial charge in [0, 0.05) is 11.5 Å². The molecule has 28 heavy (non-hydrogen) atoms. The van der Waals surface area contributed by atoms with Crippen molar-refractivity contribution in [2.45, 2.75) is 32.3 Å². The Labute approximate surface area is 162 Å². The molecule has 1 N–H and O–H groups in total. The smallest absolute Gasteiger partial charge is 0.387 e. The highest BCUT2D eigenvalue weighted by Gasteiger charge is 2.58. The number of nitrogens with one attached hydrogen (secondary N) is 1. The van der Waals surface area contributed by atoms with Gasteiger partial charge in [-0.05, 0) is 36.3 Å². The molecule has 2 aliphatic carbocycles. The molecule has 0 amide bonds. The summed E-state index contributed by atoms with van der Waals surface area (Å²) in [6.07, 6.45) is 3.23. The van der Waals surface area contributed by atoms with Crippen LogP contribution in [-0.4, -0.2) is 12.3 Å². The van der Waals surface area contributed by atoms with Crippen molar-refractivity contribution in [1.29, 1.82) is 21.2 Å². The quantitative estimate of drug-likeness (QED) is 0.777. The molecular formula is C21H18F2N4O. The fraction of sp³-hybridized carbons (Fsp3) is 0.429. The van der Waals surface area contributed by atoms with E-state index in [0.29, 0.717) is 12.0 Å². The minimum Gasteiger partial charge on any atom is -0.435 e. The van der Waals surface area contributed by atoms with Crippen LogP contribution in [0.2, 0.25) is 0 Å². The van der Waals surface area contributed by atoms with Crippen molar-refractivity contribution in [3.8, 4) is 24.0 Å². The standard InChI is InChI=1S/C21H18F2N4O/c1-12-6-7-13-15(8-12)18(14-4-2-3-5-17(14)28-20(22)23)21(10-25,11-26)19(27)16(13)9-24/h2-5,7,12,15-16,18,20,27H,6,8H2,1H3/t12-,15-,16?,18+/m0/s1. The van der Waals surface area contributed by atoms with E-state index in [9.17, 15) is 24.6 Å². The van der Waals surface area contributed by atoms with Crippen LogP contribution in [0.4, 0.5) is 8.78 Å². The van der Waals surface area contributed by atoms with Gasteiger partial charge in [0.05, 0.1) is 23.9 Å². The van der Waals surface area contributed by atoms with E-state index in [1.807, 2.05) is 25.1 Å². The molecule has 4 atom stereocenters. The minimum absolute atomic E-state index is 0.113. The molecular weight excluding hydrogens is 362 g/mol. The first-order valence-corrected chi connectivity index (χ1v) is 8.94. The summed E-state index contributed by atoms with van der Waals surface area (Å²) >= 11 is 0. The molecule has 7 heteroatoms. The highest BCUT2D eigenvalue weighted by molar-refractivity contribution is 6.00. The summed E-state index contributed by atoms with van der Waals surface area (Å²) in [5.74, 6) is -2.09. The third-order valence-corrected chi connectivity index (χ3v) is 5.71. The third kappa shape index (κ3) is 2.92.